The van der Waals surface area contributed by atoms with Gasteiger partial charge in [0, 0.05) is 13.2 Å². The molecule has 1 rings (SSSR count). The maximum absolute atomic E-state index is 5.86. The molecule has 3 heteroatoms. The highest BCUT2D eigenvalue weighted by Crippen LogP contribution is 2.21. The van der Waals surface area contributed by atoms with Gasteiger partial charge in [0.2, 0.25) is 0 Å². The highest BCUT2D eigenvalue weighted by atomic mass is 16.5. The van der Waals surface area contributed by atoms with Crippen molar-refractivity contribution < 1.29 is 9.47 Å². The Hall–Kier alpha value is -0.120. The van der Waals surface area contributed by atoms with Crippen LogP contribution in [0.2, 0.25) is 0 Å². The molecule has 72 valence electrons. The van der Waals surface area contributed by atoms with E-state index in [2.05, 4.69) is 0 Å². The zero-order valence-electron chi connectivity index (χ0n) is 7.95. The monoisotopic (exact) mass is 173 g/mol. The Kier molecular flexibility index (Phi) is 3.98. The Morgan fingerprint density at radius 3 is 2.75 bits per heavy atom. The first-order valence-corrected chi connectivity index (χ1v) is 4.64. The highest BCUT2D eigenvalue weighted by Gasteiger charge is 2.25. The van der Waals surface area contributed by atoms with E-state index in [0.29, 0.717) is 6.61 Å². The van der Waals surface area contributed by atoms with Crippen molar-refractivity contribution in [2.24, 2.45) is 5.73 Å². The molecule has 0 radical (unpaired) electrons. The predicted molar refractivity (Wildman–Crippen MR) is 48.0 cm³/mol. The molecule has 0 aromatic carbocycles. The quantitative estimate of drug-likeness (QED) is 0.687. The summed E-state index contributed by atoms with van der Waals surface area (Å²) in [7, 11) is 1.69. The number of nitrogens with two attached hydrogens (primary N) is 1. The van der Waals surface area contributed by atoms with Crippen molar-refractivity contribution in [3.05, 3.63) is 0 Å². The second kappa shape index (κ2) is 4.80. The van der Waals surface area contributed by atoms with Gasteiger partial charge in [-0.05, 0) is 26.2 Å². The van der Waals surface area contributed by atoms with Crippen LogP contribution in [-0.4, -0.2) is 32.0 Å². The minimum absolute atomic E-state index is 0.171. The zero-order valence-corrected chi connectivity index (χ0v) is 7.95. The number of rotatable bonds is 4. The summed E-state index contributed by atoms with van der Waals surface area (Å²) in [6.07, 6.45) is 3.84. The van der Waals surface area contributed by atoms with Gasteiger partial charge in [-0.25, -0.2) is 0 Å². The number of hydrogen-bond donors (Lipinski definition) is 1. The smallest absolute Gasteiger partial charge is 0.0784 e. The van der Waals surface area contributed by atoms with E-state index in [4.69, 9.17) is 15.2 Å². The van der Waals surface area contributed by atoms with E-state index >= 15 is 0 Å². The van der Waals surface area contributed by atoms with E-state index < -0.39 is 0 Å². The molecule has 0 aliphatic heterocycles. The summed E-state index contributed by atoms with van der Waals surface area (Å²) in [5, 5.41) is 0. The molecule has 1 saturated carbocycles. The van der Waals surface area contributed by atoms with Crippen molar-refractivity contribution in [2.75, 3.05) is 13.7 Å². The lowest BCUT2D eigenvalue weighted by molar-refractivity contribution is -0.0409. The van der Waals surface area contributed by atoms with Gasteiger partial charge in [0.05, 0.1) is 18.8 Å². The predicted octanol–water partition coefficient (Wildman–Crippen LogP) is 0.918. The summed E-state index contributed by atoms with van der Waals surface area (Å²) < 4.78 is 10.7. The van der Waals surface area contributed by atoms with Gasteiger partial charge >= 0.3 is 0 Å². The van der Waals surface area contributed by atoms with Crippen LogP contribution in [0.15, 0.2) is 0 Å². The lowest BCUT2D eigenvalue weighted by atomic mass is 10.2. The number of hydrogen-bond acceptors (Lipinski definition) is 3. The summed E-state index contributed by atoms with van der Waals surface area (Å²) in [6, 6.07) is 0.240. The summed E-state index contributed by atoms with van der Waals surface area (Å²) in [5.74, 6) is 0. The van der Waals surface area contributed by atoms with Crippen LogP contribution in [0.3, 0.4) is 0 Å². The number of methoxy groups -OCH3 is 1. The van der Waals surface area contributed by atoms with Crippen LogP contribution < -0.4 is 5.73 Å². The second-order valence-electron chi connectivity index (χ2n) is 3.54. The third kappa shape index (κ3) is 2.73. The second-order valence-corrected chi connectivity index (χ2v) is 3.54. The molecule has 2 N–H and O–H groups in total. The molecule has 0 saturated heterocycles. The van der Waals surface area contributed by atoms with Gasteiger partial charge in [-0.3, -0.25) is 0 Å². The Labute approximate surface area is 74.2 Å². The minimum atomic E-state index is 0.171. The molecule has 0 aromatic rings. The molecule has 0 aromatic heterocycles. The van der Waals surface area contributed by atoms with Gasteiger partial charge in [-0.1, -0.05) is 0 Å². The Bertz CT molecular complexity index is 130. The lowest BCUT2D eigenvalue weighted by Crippen LogP contribution is -2.35. The van der Waals surface area contributed by atoms with E-state index in [9.17, 15) is 0 Å². The van der Waals surface area contributed by atoms with Gasteiger partial charge < -0.3 is 15.2 Å². The van der Waals surface area contributed by atoms with Crippen molar-refractivity contribution in [3.63, 3.8) is 0 Å². The molecule has 0 heterocycles. The van der Waals surface area contributed by atoms with Crippen LogP contribution in [0.1, 0.15) is 26.2 Å². The fraction of sp³-hybridized carbons (Fsp3) is 1.00. The molecule has 3 unspecified atom stereocenters. The highest BCUT2D eigenvalue weighted by molar-refractivity contribution is 4.81. The zero-order chi connectivity index (χ0) is 8.97. The molecule has 12 heavy (non-hydrogen) atoms. The lowest BCUT2D eigenvalue weighted by Gasteiger charge is -2.21. The Morgan fingerprint density at radius 2 is 2.25 bits per heavy atom. The molecule has 3 nitrogen and oxygen atoms in total. The van der Waals surface area contributed by atoms with Crippen LogP contribution in [0.5, 0.6) is 0 Å². The summed E-state index contributed by atoms with van der Waals surface area (Å²) in [4.78, 5) is 0. The third-order valence-corrected chi connectivity index (χ3v) is 2.31. The molecule has 0 amide bonds. The molecular weight excluding hydrogens is 154 g/mol. The van der Waals surface area contributed by atoms with Crippen LogP contribution >= 0.6 is 0 Å². The SMILES string of the molecule is COCC(C)OC1CCCC1N. The normalized spacial score (nSPS) is 32.2. The van der Waals surface area contributed by atoms with Crippen LogP contribution in [0.4, 0.5) is 0 Å². The first-order chi connectivity index (χ1) is 5.74. The van der Waals surface area contributed by atoms with Crippen LogP contribution in [0, 0.1) is 0 Å². The standard InChI is InChI=1S/C9H19NO2/c1-7(6-11-2)12-9-5-3-4-8(9)10/h7-9H,3-6,10H2,1-2H3. The summed E-state index contributed by atoms with van der Waals surface area (Å²) in [5.41, 5.74) is 5.86. The van der Waals surface area contributed by atoms with E-state index in [1.807, 2.05) is 6.92 Å². The average Bonchev–Trinajstić information content (AvgIpc) is 2.37. The van der Waals surface area contributed by atoms with Crippen LogP contribution in [0.25, 0.3) is 0 Å². The molecule has 3 atom stereocenters. The van der Waals surface area contributed by atoms with Gasteiger partial charge in [-0.2, -0.15) is 0 Å². The first-order valence-electron chi connectivity index (χ1n) is 4.64. The van der Waals surface area contributed by atoms with Gasteiger partial charge in [0.15, 0.2) is 0 Å². The van der Waals surface area contributed by atoms with Crippen LogP contribution in [-0.2, 0) is 9.47 Å². The Morgan fingerprint density at radius 1 is 1.50 bits per heavy atom. The summed E-state index contributed by atoms with van der Waals surface area (Å²) in [6.45, 7) is 2.68. The molecule has 1 aliphatic rings. The van der Waals surface area contributed by atoms with E-state index in [0.717, 1.165) is 12.8 Å². The molecule has 1 aliphatic carbocycles. The first kappa shape index (κ1) is 9.96. The van der Waals surface area contributed by atoms with Crippen molar-refractivity contribution in [1.82, 2.24) is 0 Å². The topological polar surface area (TPSA) is 44.5 Å². The molecule has 1 fully saturated rings. The minimum Gasteiger partial charge on any atom is -0.382 e. The van der Waals surface area contributed by atoms with Crippen molar-refractivity contribution in [3.8, 4) is 0 Å². The number of ether oxygens (including phenoxy) is 2. The fourth-order valence-corrected chi connectivity index (χ4v) is 1.70. The summed E-state index contributed by atoms with van der Waals surface area (Å²) >= 11 is 0. The van der Waals surface area contributed by atoms with Gasteiger partial charge in [0.1, 0.15) is 0 Å². The molecule has 0 bridgehead atoms. The largest absolute Gasteiger partial charge is 0.382 e. The van der Waals surface area contributed by atoms with E-state index in [1.165, 1.54) is 6.42 Å². The van der Waals surface area contributed by atoms with Gasteiger partial charge in [-0.15, -0.1) is 0 Å². The average molecular weight is 173 g/mol. The van der Waals surface area contributed by atoms with E-state index in [-0.39, 0.29) is 18.2 Å². The fourth-order valence-electron chi connectivity index (χ4n) is 1.70. The maximum Gasteiger partial charge on any atom is 0.0784 e. The molecule has 0 spiro atoms. The van der Waals surface area contributed by atoms with E-state index in [1.54, 1.807) is 7.11 Å². The van der Waals surface area contributed by atoms with Crippen molar-refractivity contribution in [1.29, 1.82) is 0 Å². The third-order valence-electron chi connectivity index (χ3n) is 2.31. The molecular formula is C9H19NO2. The van der Waals surface area contributed by atoms with Crippen molar-refractivity contribution in [2.45, 2.75) is 44.4 Å². The maximum atomic E-state index is 5.86. The Balaban J connectivity index is 2.20. The van der Waals surface area contributed by atoms with Crippen molar-refractivity contribution >= 4 is 0 Å². The van der Waals surface area contributed by atoms with Gasteiger partial charge in [0.25, 0.3) is 0 Å².